The van der Waals surface area contributed by atoms with Crippen molar-refractivity contribution in [3.05, 3.63) is 16.4 Å². The minimum Gasteiger partial charge on any atom is -0.392 e. The number of ether oxygens (including phenoxy) is 1. The van der Waals surface area contributed by atoms with Crippen LogP contribution in [-0.2, 0) is 17.7 Å². The Balaban J connectivity index is 2.03. The maximum atomic E-state index is 11.4. The van der Waals surface area contributed by atoms with E-state index in [4.69, 9.17) is 9.15 Å². The van der Waals surface area contributed by atoms with Gasteiger partial charge >= 0.3 is 5.76 Å². The van der Waals surface area contributed by atoms with Crippen LogP contribution in [0.2, 0.25) is 0 Å². The standard InChI is InChI=1S/C10H16N2O3/c1-2-4-9-11-12(10(13)15-9)7-8-5-3-6-14-8/h8H,2-7H2,1H3/t8-/m1/s1. The lowest BCUT2D eigenvalue weighted by molar-refractivity contribution is 0.0922. The van der Waals surface area contributed by atoms with E-state index in [2.05, 4.69) is 5.10 Å². The van der Waals surface area contributed by atoms with Crippen molar-refractivity contribution < 1.29 is 9.15 Å². The molecule has 1 aromatic rings. The largest absolute Gasteiger partial charge is 0.437 e. The van der Waals surface area contributed by atoms with Crippen molar-refractivity contribution in [2.24, 2.45) is 0 Å². The van der Waals surface area contributed by atoms with E-state index < -0.39 is 0 Å². The van der Waals surface area contributed by atoms with E-state index in [1.807, 2.05) is 6.92 Å². The van der Waals surface area contributed by atoms with E-state index in [-0.39, 0.29) is 11.9 Å². The molecule has 1 aromatic heterocycles. The van der Waals surface area contributed by atoms with Crippen LogP contribution in [0.4, 0.5) is 0 Å². The van der Waals surface area contributed by atoms with Gasteiger partial charge in [0.15, 0.2) is 0 Å². The summed E-state index contributed by atoms with van der Waals surface area (Å²) in [6.07, 6.45) is 3.84. The molecular weight excluding hydrogens is 196 g/mol. The van der Waals surface area contributed by atoms with Crippen molar-refractivity contribution in [2.75, 3.05) is 6.61 Å². The predicted octanol–water partition coefficient (Wildman–Crippen LogP) is 0.968. The van der Waals surface area contributed by atoms with Gasteiger partial charge in [-0.05, 0) is 19.3 Å². The molecule has 1 saturated heterocycles. The smallest absolute Gasteiger partial charge is 0.392 e. The molecule has 0 aliphatic carbocycles. The Morgan fingerprint density at radius 1 is 1.60 bits per heavy atom. The molecule has 0 unspecified atom stereocenters. The van der Waals surface area contributed by atoms with Gasteiger partial charge in [-0.25, -0.2) is 4.79 Å². The average molecular weight is 212 g/mol. The van der Waals surface area contributed by atoms with Crippen LogP contribution in [0.5, 0.6) is 0 Å². The molecule has 2 heterocycles. The number of rotatable bonds is 4. The van der Waals surface area contributed by atoms with Gasteiger partial charge in [-0.2, -0.15) is 4.68 Å². The van der Waals surface area contributed by atoms with Crippen LogP contribution in [0, 0.1) is 0 Å². The molecule has 1 fully saturated rings. The van der Waals surface area contributed by atoms with E-state index >= 15 is 0 Å². The van der Waals surface area contributed by atoms with Gasteiger partial charge in [0.2, 0.25) is 5.89 Å². The normalized spacial score (nSPS) is 21.0. The first-order valence-electron chi connectivity index (χ1n) is 5.48. The van der Waals surface area contributed by atoms with E-state index in [1.54, 1.807) is 0 Å². The Kier molecular flexibility index (Phi) is 3.20. The first kappa shape index (κ1) is 10.4. The fourth-order valence-electron chi connectivity index (χ4n) is 1.76. The highest BCUT2D eigenvalue weighted by Crippen LogP contribution is 2.12. The van der Waals surface area contributed by atoms with Gasteiger partial charge in [0.05, 0.1) is 12.6 Å². The van der Waals surface area contributed by atoms with E-state index in [1.165, 1.54) is 4.68 Å². The molecule has 1 atom stereocenters. The molecule has 15 heavy (non-hydrogen) atoms. The van der Waals surface area contributed by atoms with Gasteiger partial charge in [0.25, 0.3) is 0 Å². The highest BCUT2D eigenvalue weighted by molar-refractivity contribution is 4.76. The summed E-state index contributed by atoms with van der Waals surface area (Å²) in [6.45, 7) is 3.34. The first-order valence-corrected chi connectivity index (χ1v) is 5.48. The summed E-state index contributed by atoms with van der Waals surface area (Å²) in [4.78, 5) is 11.4. The maximum absolute atomic E-state index is 11.4. The Labute approximate surface area is 88.0 Å². The molecule has 1 aliphatic heterocycles. The van der Waals surface area contributed by atoms with Gasteiger partial charge in [-0.1, -0.05) is 6.92 Å². The summed E-state index contributed by atoms with van der Waals surface area (Å²) in [5.74, 6) is 0.162. The lowest BCUT2D eigenvalue weighted by Gasteiger charge is -2.06. The van der Waals surface area contributed by atoms with Crippen LogP contribution in [0.15, 0.2) is 9.21 Å². The molecule has 2 rings (SSSR count). The second kappa shape index (κ2) is 4.61. The second-order valence-corrected chi connectivity index (χ2v) is 3.83. The van der Waals surface area contributed by atoms with Crippen LogP contribution in [-0.4, -0.2) is 22.5 Å². The number of aryl methyl sites for hydroxylation is 1. The quantitative estimate of drug-likeness (QED) is 0.746. The molecule has 0 saturated carbocycles. The zero-order valence-corrected chi connectivity index (χ0v) is 8.94. The van der Waals surface area contributed by atoms with E-state index in [9.17, 15) is 4.79 Å². The Morgan fingerprint density at radius 2 is 2.47 bits per heavy atom. The zero-order valence-electron chi connectivity index (χ0n) is 8.94. The van der Waals surface area contributed by atoms with E-state index in [0.29, 0.717) is 18.9 Å². The Bertz CT molecular complexity index is 363. The van der Waals surface area contributed by atoms with Crippen molar-refractivity contribution in [1.29, 1.82) is 0 Å². The van der Waals surface area contributed by atoms with Gasteiger partial charge in [0.1, 0.15) is 0 Å². The number of hydrogen-bond donors (Lipinski definition) is 0. The number of aromatic nitrogens is 2. The fourth-order valence-corrected chi connectivity index (χ4v) is 1.76. The molecular formula is C10H16N2O3. The highest BCUT2D eigenvalue weighted by atomic mass is 16.5. The molecule has 0 radical (unpaired) electrons. The van der Waals surface area contributed by atoms with Crippen LogP contribution < -0.4 is 5.76 Å². The van der Waals surface area contributed by atoms with Gasteiger partial charge < -0.3 is 9.15 Å². The van der Waals surface area contributed by atoms with Gasteiger partial charge in [-0.15, -0.1) is 5.10 Å². The molecule has 0 amide bonds. The Hall–Kier alpha value is -1.10. The minimum atomic E-state index is -0.367. The number of hydrogen-bond acceptors (Lipinski definition) is 4. The molecule has 5 heteroatoms. The third-order valence-corrected chi connectivity index (χ3v) is 2.51. The summed E-state index contributed by atoms with van der Waals surface area (Å²) in [7, 11) is 0. The lowest BCUT2D eigenvalue weighted by atomic mass is 10.2. The lowest BCUT2D eigenvalue weighted by Crippen LogP contribution is -2.24. The Morgan fingerprint density at radius 3 is 3.13 bits per heavy atom. The maximum Gasteiger partial charge on any atom is 0.437 e. The third-order valence-electron chi connectivity index (χ3n) is 2.51. The molecule has 0 N–H and O–H groups in total. The summed E-state index contributed by atoms with van der Waals surface area (Å²) >= 11 is 0. The van der Waals surface area contributed by atoms with Gasteiger partial charge in [-0.3, -0.25) is 0 Å². The monoisotopic (exact) mass is 212 g/mol. The van der Waals surface area contributed by atoms with Crippen molar-refractivity contribution in [3.8, 4) is 0 Å². The first-order chi connectivity index (χ1) is 7.29. The SMILES string of the molecule is CCCc1nn(C[C@H]2CCCO2)c(=O)o1. The van der Waals surface area contributed by atoms with Crippen molar-refractivity contribution >= 4 is 0 Å². The highest BCUT2D eigenvalue weighted by Gasteiger charge is 2.18. The van der Waals surface area contributed by atoms with Crippen LogP contribution in [0.25, 0.3) is 0 Å². The molecule has 0 spiro atoms. The summed E-state index contributed by atoms with van der Waals surface area (Å²) < 4.78 is 11.8. The summed E-state index contributed by atoms with van der Waals surface area (Å²) in [5, 5.41) is 4.12. The molecule has 84 valence electrons. The van der Waals surface area contributed by atoms with E-state index in [0.717, 1.165) is 25.9 Å². The molecule has 5 nitrogen and oxygen atoms in total. The molecule has 1 aliphatic rings. The van der Waals surface area contributed by atoms with Crippen LogP contribution >= 0.6 is 0 Å². The summed E-state index contributed by atoms with van der Waals surface area (Å²) in [5.41, 5.74) is 0. The van der Waals surface area contributed by atoms with Gasteiger partial charge in [0, 0.05) is 13.0 Å². The second-order valence-electron chi connectivity index (χ2n) is 3.83. The average Bonchev–Trinajstić information content (AvgIpc) is 2.79. The third kappa shape index (κ3) is 2.47. The number of nitrogens with zero attached hydrogens (tertiary/aromatic N) is 2. The van der Waals surface area contributed by atoms with Crippen molar-refractivity contribution in [1.82, 2.24) is 9.78 Å². The zero-order chi connectivity index (χ0) is 10.7. The summed E-state index contributed by atoms with van der Waals surface area (Å²) in [6, 6.07) is 0. The predicted molar refractivity (Wildman–Crippen MR) is 53.7 cm³/mol. The van der Waals surface area contributed by atoms with Crippen LogP contribution in [0.3, 0.4) is 0 Å². The van der Waals surface area contributed by atoms with Crippen molar-refractivity contribution in [3.63, 3.8) is 0 Å². The van der Waals surface area contributed by atoms with Crippen LogP contribution in [0.1, 0.15) is 32.1 Å². The minimum absolute atomic E-state index is 0.127. The molecule has 0 aromatic carbocycles. The van der Waals surface area contributed by atoms with Crippen molar-refractivity contribution in [2.45, 2.75) is 45.3 Å². The fraction of sp³-hybridized carbons (Fsp3) is 0.800. The molecule has 0 bridgehead atoms. The topological polar surface area (TPSA) is 57.3 Å².